The summed E-state index contributed by atoms with van der Waals surface area (Å²) in [4.78, 5) is 0. The molecule has 2 unspecified atom stereocenters. The van der Waals surface area contributed by atoms with Crippen LogP contribution in [-0.2, 0) is 0 Å². The Morgan fingerprint density at radius 2 is 1.91 bits per heavy atom. The van der Waals surface area contributed by atoms with Gasteiger partial charge in [0.15, 0.2) is 0 Å². The summed E-state index contributed by atoms with van der Waals surface area (Å²) >= 11 is 0. The molecule has 2 aliphatic rings. The first-order valence-electron chi connectivity index (χ1n) is 4.40. The first kappa shape index (κ1) is 6.98. The largest absolute Gasteiger partial charge is 0.0931 e. The Balaban J connectivity index is 2.08. The van der Waals surface area contributed by atoms with Crippen molar-refractivity contribution >= 4 is 0 Å². The number of allylic oxidation sites excluding steroid dienone is 2. The van der Waals surface area contributed by atoms with Crippen molar-refractivity contribution in [3.05, 3.63) is 11.1 Å². The molecule has 2 atom stereocenters. The summed E-state index contributed by atoms with van der Waals surface area (Å²) in [7, 11) is 0. The molecule has 0 aromatic carbocycles. The van der Waals surface area contributed by atoms with Gasteiger partial charge in [0.2, 0.25) is 0 Å². The van der Waals surface area contributed by atoms with Gasteiger partial charge in [-0.15, -0.1) is 0 Å². The molecule has 0 radical (unpaired) electrons. The zero-order valence-electron chi connectivity index (χ0n) is 7.44. The van der Waals surface area contributed by atoms with E-state index in [0.717, 1.165) is 5.92 Å². The van der Waals surface area contributed by atoms with Gasteiger partial charge in [0, 0.05) is 0 Å². The second-order valence-electron chi connectivity index (χ2n) is 4.05. The lowest BCUT2D eigenvalue weighted by Gasteiger charge is -2.40. The number of hydrogen-bond donors (Lipinski definition) is 0. The number of fused-ring (bicyclic) bond motifs is 1. The zero-order valence-corrected chi connectivity index (χ0v) is 7.44. The van der Waals surface area contributed by atoms with E-state index in [1.807, 2.05) is 0 Å². The SMILES string of the molecule is CC1=C(CC(C)C)C2C#CC12. The van der Waals surface area contributed by atoms with Crippen molar-refractivity contribution in [1.82, 2.24) is 0 Å². The summed E-state index contributed by atoms with van der Waals surface area (Å²) in [6.45, 7) is 6.80. The van der Waals surface area contributed by atoms with Gasteiger partial charge in [-0.1, -0.05) is 36.8 Å². The summed E-state index contributed by atoms with van der Waals surface area (Å²) in [5, 5.41) is 0. The average molecular weight is 146 g/mol. The van der Waals surface area contributed by atoms with Crippen LogP contribution in [-0.4, -0.2) is 0 Å². The van der Waals surface area contributed by atoms with Gasteiger partial charge in [-0.3, -0.25) is 0 Å². The molecule has 0 N–H and O–H groups in total. The van der Waals surface area contributed by atoms with E-state index in [0.29, 0.717) is 11.8 Å². The molecule has 58 valence electrons. The van der Waals surface area contributed by atoms with Gasteiger partial charge in [-0.2, -0.15) is 0 Å². The van der Waals surface area contributed by atoms with Crippen LogP contribution in [0.2, 0.25) is 0 Å². The number of hydrogen-bond acceptors (Lipinski definition) is 0. The Bertz CT molecular complexity index is 270. The fourth-order valence-corrected chi connectivity index (χ4v) is 1.97. The standard InChI is InChI=1S/C11H14/c1-7(2)6-11-8(3)9-4-5-10(9)11/h7,9-10H,6H2,1-3H3. The Kier molecular flexibility index (Phi) is 1.36. The minimum absolute atomic E-state index is 0.670. The van der Waals surface area contributed by atoms with Crippen molar-refractivity contribution in [3.8, 4) is 11.8 Å². The van der Waals surface area contributed by atoms with Crippen molar-refractivity contribution < 1.29 is 0 Å². The maximum Gasteiger partial charge on any atom is 0.0590 e. The van der Waals surface area contributed by atoms with Gasteiger partial charge < -0.3 is 0 Å². The normalized spacial score (nSPS) is 32.0. The highest BCUT2D eigenvalue weighted by atomic mass is 14.4. The molecular weight excluding hydrogens is 132 g/mol. The summed E-state index contributed by atoms with van der Waals surface area (Å²) < 4.78 is 0. The molecule has 0 heteroatoms. The maximum atomic E-state index is 3.22. The molecule has 0 aromatic rings. The lowest BCUT2D eigenvalue weighted by molar-refractivity contribution is 0.460. The van der Waals surface area contributed by atoms with Gasteiger partial charge in [-0.05, 0) is 19.3 Å². The highest BCUT2D eigenvalue weighted by Gasteiger charge is 2.39. The van der Waals surface area contributed by atoms with E-state index < -0.39 is 0 Å². The Morgan fingerprint density at radius 3 is 2.27 bits per heavy atom. The van der Waals surface area contributed by atoms with E-state index in [-0.39, 0.29) is 0 Å². The van der Waals surface area contributed by atoms with Gasteiger partial charge in [-0.25, -0.2) is 0 Å². The number of rotatable bonds is 2. The van der Waals surface area contributed by atoms with E-state index in [9.17, 15) is 0 Å². The summed E-state index contributed by atoms with van der Waals surface area (Å²) in [5.74, 6) is 8.56. The summed E-state index contributed by atoms with van der Waals surface area (Å²) in [6.07, 6.45) is 1.27. The molecule has 0 aliphatic heterocycles. The first-order valence-corrected chi connectivity index (χ1v) is 4.40. The van der Waals surface area contributed by atoms with Crippen LogP contribution >= 0.6 is 0 Å². The zero-order chi connectivity index (χ0) is 8.01. The second-order valence-corrected chi connectivity index (χ2v) is 4.05. The Hall–Kier alpha value is -0.700. The van der Waals surface area contributed by atoms with E-state index >= 15 is 0 Å². The van der Waals surface area contributed by atoms with Crippen LogP contribution in [0.25, 0.3) is 0 Å². The van der Waals surface area contributed by atoms with Crippen LogP contribution in [0.3, 0.4) is 0 Å². The van der Waals surface area contributed by atoms with Crippen LogP contribution in [0.4, 0.5) is 0 Å². The molecular formula is C11H14. The predicted molar refractivity (Wildman–Crippen MR) is 46.9 cm³/mol. The van der Waals surface area contributed by atoms with E-state index in [1.54, 1.807) is 11.1 Å². The van der Waals surface area contributed by atoms with Crippen LogP contribution in [0.1, 0.15) is 27.2 Å². The lowest BCUT2D eigenvalue weighted by atomic mass is 9.62. The van der Waals surface area contributed by atoms with E-state index in [4.69, 9.17) is 0 Å². The van der Waals surface area contributed by atoms with Crippen LogP contribution in [0, 0.1) is 29.6 Å². The molecule has 0 nitrogen and oxygen atoms in total. The van der Waals surface area contributed by atoms with Crippen molar-refractivity contribution in [2.45, 2.75) is 27.2 Å². The summed E-state index contributed by atoms with van der Waals surface area (Å²) in [5.41, 5.74) is 3.21. The molecule has 2 rings (SSSR count). The van der Waals surface area contributed by atoms with Crippen LogP contribution < -0.4 is 0 Å². The minimum atomic E-state index is 0.670. The molecule has 0 bridgehead atoms. The molecule has 11 heavy (non-hydrogen) atoms. The van der Waals surface area contributed by atoms with Gasteiger partial charge >= 0.3 is 0 Å². The van der Waals surface area contributed by atoms with E-state index in [1.165, 1.54) is 6.42 Å². The monoisotopic (exact) mass is 146 g/mol. The van der Waals surface area contributed by atoms with Crippen molar-refractivity contribution in [3.63, 3.8) is 0 Å². The molecule has 0 saturated carbocycles. The molecule has 0 saturated heterocycles. The highest BCUT2D eigenvalue weighted by molar-refractivity contribution is 5.50. The molecule has 0 amide bonds. The van der Waals surface area contributed by atoms with Gasteiger partial charge in [0.05, 0.1) is 11.8 Å². The first-order chi connectivity index (χ1) is 5.20. The molecule has 2 aliphatic carbocycles. The fourth-order valence-electron chi connectivity index (χ4n) is 1.97. The third-order valence-electron chi connectivity index (χ3n) is 2.70. The summed E-state index contributed by atoms with van der Waals surface area (Å²) in [6, 6.07) is 0. The Morgan fingerprint density at radius 1 is 1.27 bits per heavy atom. The maximum absolute atomic E-state index is 3.22. The molecule has 0 spiro atoms. The fraction of sp³-hybridized carbons (Fsp3) is 0.636. The smallest absolute Gasteiger partial charge is 0.0590 e. The van der Waals surface area contributed by atoms with Crippen molar-refractivity contribution in [1.29, 1.82) is 0 Å². The van der Waals surface area contributed by atoms with E-state index in [2.05, 4.69) is 32.6 Å². The molecule has 0 fully saturated rings. The van der Waals surface area contributed by atoms with Crippen LogP contribution in [0.15, 0.2) is 11.1 Å². The average Bonchev–Trinajstić information content (AvgIpc) is 1.83. The molecule has 0 aromatic heterocycles. The predicted octanol–water partition coefficient (Wildman–Crippen LogP) is 2.61. The van der Waals surface area contributed by atoms with Gasteiger partial charge in [0.1, 0.15) is 0 Å². The van der Waals surface area contributed by atoms with Gasteiger partial charge in [0.25, 0.3) is 0 Å². The highest BCUT2D eigenvalue weighted by Crippen LogP contribution is 2.46. The Labute approximate surface area is 68.7 Å². The molecule has 0 heterocycles. The quantitative estimate of drug-likeness (QED) is 0.415. The third kappa shape index (κ3) is 0.839. The second kappa shape index (κ2) is 2.14. The lowest BCUT2D eigenvalue weighted by Crippen LogP contribution is -2.33. The minimum Gasteiger partial charge on any atom is -0.0931 e. The van der Waals surface area contributed by atoms with Crippen LogP contribution in [0.5, 0.6) is 0 Å². The van der Waals surface area contributed by atoms with Crippen molar-refractivity contribution in [2.75, 3.05) is 0 Å². The third-order valence-corrected chi connectivity index (χ3v) is 2.70. The van der Waals surface area contributed by atoms with Crippen molar-refractivity contribution in [2.24, 2.45) is 17.8 Å². The topological polar surface area (TPSA) is 0 Å².